The van der Waals surface area contributed by atoms with Crippen LogP contribution in [0.5, 0.6) is 11.5 Å². The number of hydrogen-bond acceptors (Lipinski definition) is 4. The molecule has 0 amide bonds. The quantitative estimate of drug-likeness (QED) is 0.406. The third kappa shape index (κ3) is 8.62. The van der Waals surface area contributed by atoms with E-state index in [1.165, 1.54) is 0 Å². The van der Waals surface area contributed by atoms with E-state index in [9.17, 15) is 4.79 Å². The summed E-state index contributed by atoms with van der Waals surface area (Å²) in [5.41, 5.74) is 6.39. The molecule has 24 heavy (non-hydrogen) atoms. The molecule has 1 aromatic rings. The van der Waals surface area contributed by atoms with Crippen molar-refractivity contribution in [2.75, 3.05) is 25.0 Å². The maximum atomic E-state index is 10.9. The molecule has 136 valence electrons. The Bertz CT molecular complexity index is 469. The van der Waals surface area contributed by atoms with Gasteiger partial charge in [0.1, 0.15) is 17.5 Å². The van der Waals surface area contributed by atoms with Crippen molar-refractivity contribution < 1.29 is 19.4 Å². The predicted octanol–water partition coefficient (Wildman–Crippen LogP) is 3.44. The highest BCUT2D eigenvalue weighted by atomic mass is 35.5. The van der Waals surface area contributed by atoms with Crippen LogP contribution in [0, 0.1) is 0 Å². The number of rotatable bonds is 13. The Balaban J connectivity index is 2.73. The minimum atomic E-state index is -1.03. The Morgan fingerprint density at radius 3 is 1.92 bits per heavy atom. The number of hydrogen-bond donors (Lipinski definition) is 2. The van der Waals surface area contributed by atoms with Crippen LogP contribution in [0.4, 0.5) is 0 Å². The first-order valence-electron chi connectivity index (χ1n) is 8.06. The summed E-state index contributed by atoms with van der Waals surface area (Å²) < 4.78 is 11.4. The number of carboxylic acid groups (broad SMARTS) is 1. The topological polar surface area (TPSA) is 81.8 Å². The van der Waals surface area contributed by atoms with Crippen molar-refractivity contribution in [1.82, 2.24) is 0 Å². The maximum Gasteiger partial charge on any atom is 0.320 e. The summed E-state index contributed by atoms with van der Waals surface area (Å²) in [5, 5.41) is 8.97. The van der Waals surface area contributed by atoms with Crippen LogP contribution in [-0.2, 0) is 11.2 Å². The molecule has 0 radical (unpaired) electrons. The number of alkyl halides is 2. The van der Waals surface area contributed by atoms with E-state index in [0.29, 0.717) is 36.5 Å². The summed E-state index contributed by atoms with van der Waals surface area (Å²) in [4.78, 5) is 10.9. The molecule has 0 spiro atoms. The molecule has 0 bridgehead atoms. The molecule has 0 aliphatic heterocycles. The Morgan fingerprint density at radius 2 is 1.50 bits per heavy atom. The highest BCUT2D eigenvalue weighted by Gasteiger charge is 2.14. The Labute approximate surface area is 153 Å². The number of ether oxygens (including phenoxy) is 2. The Kier molecular flexibility index (Phi) is 10.6. The van der Waals surface area contributed by atoms with Gasteiger partial charge in [0.2, 0.25) is 0 Å². The predicted molar refractivity (Wildman–Crippen MR) is 96.7 cm³/mol. The van der Waals surface area contributed by atoms with Gasteiger partial charge in [0, 0.05) is 17.8 Å². The summed E-state index contributed by atoms with van der Waals surface area (Å²) >= 11 is 11.3. The van der Waals surface area contributed by atoms with Crippen molar-refractivity contribution in [3.8, 4) is 11.5 Å². The fraction of sp³-hybridized carbons (Fsp3) is 0.588. The van der Waals surface area contributed by atoms with Crippen molar-refractivity contribution in [3.63, 3.8) is 0 Å². The average Bonchev–Trinajstić information content (AvgIpc) is 2.55. The summed E-state index contributed by atoms with van der Waals surface area (Å²) in [6.07, 6.45) is 3.69. The van der Waals surface area contributed by atoms with Crippen LogP contribution in [0.15, 0.2) is 18.2 Å². The number of aliphatic carboxylic acids is 1. The van der Waals surface area contributed by atoms with Crippen molar-refractivity contribution >= 4 is 29.2 Å². The van der Waals surface area contributed by atoms with Gasteiger partial charge in [-0.15, -0.1) is 23.2 Å². The molecule has 7 heteroatoms. The number of carboxylic acids is 1. The zero-order valence-electron chi connectivity index (χ0n) is 13.7. The van der Waals surface area contributed by atoms with Crippen molar-refractivity contribution in [2.45, 2.75) is 38.1 Å². The molecule has 3 N–H and O–H groups in total. The van der Waals surface area contributed by atoms with Crippen molar-refractivity contribution in [3.05, 3.63) is 23.8 Å². The first kappa shape index (κ1) is 20.9. The molecule has 0 heterocycles. The van der Waals surface area contributed by atoms with E-state index in [2.05, 4.69) is 0 Å². The summed E-state index contributed by atoms with van der Waals surface area (Å²) in [7, 11) is 0. The van der Waals surface area contributed by atoms with Gasteiger partial charge in [-0.1, -0.05) is 0 Å². The van der Waals surface area contributed by atoms with Crippen molar-refractivity contribution in [1.29, 1.82) is 0 Å². The van der Waals surface area contributed by atoms with Crippen LogP contribution < -0.4 is 15.2 Å². The van der Waals surface area contributed by atoms with E-state index in [-0.39, 0.29) is 6.42 Å². The van der Waals surface area contributed by atoms with E-state index in [0.717, 1.165) is 31.2 Å². The number of halogens is 2. The lowest BCUT2D eigenvalue weighted by Gasteiger charge is -2.13. The molecule has 1 atom stereocenters. The fourth-order valence-corrected chi connectivity index (χ4v) is 2.41. The molecule has 1 aromatic carbocycles. The van der Waals surface area contributed by atoms with Crippen LogP contribution in [0.2, 0.25) is 0 Å². The highest BCUT2D eigenvalue weighted by molar-refractivity contribution is 6.18. The molecule has 0 aliphatic carbocycles. The van der Waals surface area contributed by atoms with Crippen LogP contribution in [0.25, 0.3) is 0 Å². The standard InChI is InChI=1S/C17H25Cl2NO4/c18-5-1-3-7-23-14-9-13(11-16(20)17(21)22)10-15(12-14)24-8-4-2-6-19/h9-10,12,16H,1-8,11,20H2,(H,21,22). The van der Waals surface area contributed by atoms with E-state index in [4.69, 9.17) is 43.5 Å². The Morgan fingerprint density at radius 1 is 1.00 bits per heavy atom. The van der Waals surface area contributed by atoms with E-state index >= 15 is 0 Å². The van der Waals surface area contributed by atoms with Gasteiger partial charge in [0.25, 0.3) is 0 Å². The zero-order chi connectivity index (χ0) is 17.8. The van der Waals surface area contributed by atoms with Gasteiger partial charge in [0.15, 0.2) is 0 Å². The number of nitrogens with two attached hydrogens (primary N) is 1. The average molecular weight is 378 g/mol. The minimum Gasteiger partial charge on any atom is -0.493 e. The first-order valence-corrected chi connectivity index (χ1v) is 9.13. The van der Waals surface area contributed by atoms with Gasteiger partial charge in [-0.3, -0.25) is 4.79 Å². The van der Waals surface area contributed by atoms with Crippen LogP contribution >= 0.6 is 23.2 Å². The van der Waals surface area contributed by atoms with E-state index < -0.39 is 12.0 Å². The minimum absolute atomic E-state index is 0.215. The lowest BCUT2D eigenvalue weighted by Crippen LogP contribution is -2.32. The maximum absolute atomic E-state index is 10.9. The SMILES string of the molecule is NC(Cc1cc(OCCCCCl)cc(OCCCCCl)c1)C(=O)O. The Hall–Kier alpha value is -1.17. The third-order valence-corrected chi connectivity index (χ3v) is 3.84. The summed E-state index contributed by atoms with van der Waals surface area (Å²) in [5.74, 6) is 1.46. The lowest BCUT2D eigenvalue weighted by atomic mass is 10.1. The van der Waals surface area contributed by atoms with Gasteiger partial charge in [-0.25, -0.2) is 0 Å². The molecular weight excluding hydrogens is 353 g/mol. The fourth-order valence-electron chi connectivity index (χ4n) is 2.03. The molecule has 0 saturated heterocycles. The summed E-state index contributed by atoms with van der Waals surface area (Å²) in [6, 6.07) is 4.45. The van der Waals surface area contributed by atoms with Gasteiger partial charge >= 0.3 is 5.97 Å². The third-order valence-electron chi connectivity index (χ3n) is 3.31. The van der Waals surface area contributed by atoms with Gasteiger partial charge < -0.3 is 20.3 Å². The monoisotopic (exact) mass is 377 g/mol. The molecular formula is C17H25Cl2NO4. The van der Waals surface area contributed by atoms with Crippen molar-refractivity contribution in [2.24, 2.45) is 5.73 Å². The molecule has 0 fully saturated rings. The molecule has 1 rings (SSSR count). The summed E-state index contributed by atoms with van der Waals surface area (Å²) in [6.45, 7) is 1.10. The zero-order valence-corrected chi connectivity index (χ0v) is 15.2. The normalized spacial score (nSPS) is 12.0. The van der Waals surface area contributed by atoms with Gasteiger partial charge in [0.05, 0.1) is 13.2 Å². The molecule has 0 aromatic heterocycles. The largest absolute Gasteiger partial charge is 0.493 e. The van der Waals surface area contributed by atoms with Crippen LogP contribution in [-0.4, -0.2) is 42.1 Å². The molecule has 5 nitrogen and oxygen atoms in total. The lowest BCUT2D eigenvalue weighted by molar-refractivity contribution is -0.138. The van der Waals surface area contributed by atoms with E-state index in [1.54, 1.807) is 18.2 Å². The first-order chi connectivity index (χ1) is 11.6. The smallest absolute Gasteiger partial charge is 0.320 e. The van der Waals surface area contributed by atoms with E-state index in [1.807, 2.05) is 0 Å². The second kappa shape index (κ2) is 12.2. The second-order valence-corrected chi connectivity index (χ2v) is 6.21. The number of unbranched alkanes of at least 4 members (excludes halogenated alkanes) is 2. The van der Waals surface area contributed by atoms with Crippen LogP contribution in [0.3, 0.4) is 0 Å². The second-order valence-electron chi connectivity index (χ2n) is 5.45. The van der Waals surface area contributed by atoms with Crippen LogP contribution in [0.1, 0.15) is 31.2 Å². The number of benzene rings is 1. The highest BCUT2D eigenvalue weighted by Crippen LogP contribution is 2.24. The number of carbonyl (C=O) groups is 1. The van der Waals surface area contributed by atoms with Gasteiger partial charge in [-0.2, -0.15) is 0 Å². The van der Waals surface area contributed by atoms with Gasteiger partial charge in [-0.05, 0) is 49.8 Å². The molecule has 0 saturated carbocycles. The molecule has 1 unspecified atom stereocenters. The molecule has 0 aliphatic rings.